The van der Waals surface area contributed by atoms with Crippen LogP contribution < -0.4 is 0 Å². The van der Waals surface area contributed by atoms with Gasteiger partial charge in [-0.15, -0.1) is 0 Å². The van der Waals surface area contributed by atoms with E-state index in [1.807, 2.05) is 24.4 Å². The Bertz CT molecular complexity index is 732. The zero-order valence-electron chi connectivity index (χ0n) is 12.2. The van der Waals surface area contributed by atoms with Crippen LogP contribution in [0.15, 0.2) is 42.6 Å². The number of hydrogen-bond donors (Lipinski definition) is 2. The summed E-state index contributed by atoms with van der Waals surface area (Å²) in [5, 5.41) is 10.3. The maximum absolute atomic E-state index is 12.2. The van der Waals surface area contributed by atoms with Gasteiger partial charge in [-0.3, -0.25) is 4.79 Å². The fourth-order valence-electron chi connectivity index (χ4n) is 2.91. The third kappa shape index (κ3) is 2.74. The number of nitrogens with zero attached hydrogens (tertiary/aromatic N) is 1. The van der Waals surface area contributed by atoms with Crippen LogP contribution in [0.1, 0.15) is 18.4 Å². The molecule has 0 aliphatic carbocycles. The molecule has 0 saturated carbocycles. The number of amides is 1. The van der Waals surface area contributed by atoms with E-state index in [0.717, 1.165) is 11.9 Å². The summed E-state index contributed by atoms with van der Waals surface area (Å²) in [5.74, 6) is -1.07. The first-order valence-electron chi connectivity index (χ1n) is 7.41. The van der Waals surface area contributed by atoms with Crippen molar-refractivity contribution >= 4 is 22.8 Å². The Morgan fingerprint density at radius 2 is 2.14 bits per heavy atom. The molecule has 1 aliphatic rings. The van der Waals surface area contributed by atoms with E-state index in [9.17, 15) is 9.59 Å². The molecule has 5 heteroatoms. The normalized spacial score (nSPS) is 17.3. The molecule has 114 valence electrons. The number of aromatic amines is 1. The Balaban J connectivity index is 1.57. The maximum Gasteiger partial charge on any atom is 0.330 e. The zero-order chi connectivity index (χ0) is 15.5. The van der Waals surface area contributed by atoms with Crippen LogP contribution in [-0.2, 0) is 16.0 Å². The van der Waals surface area contributed by atoms with Crippen molar-refractivity contribution < 1.29 is 14.7 Å². The van der Waals surface area contributed by atoms with E-state index in [2.05, 4.69) is 11.1 Å². The van der Waals surface area contributed by atoms with Crippen molar-refractivity contribution in [2.45, 2.75) is 25.3 Å². The highest BCUT2D eigenvalue weighted by molar-refractivity contribution is 5.86. The lowest BCUT2D eigenvalue weighted by Gasteiger charge is -2.21. The van der Waals surface area contributed by atoms with Gasteiger partial charge in [-0.25, -0.2) is 4.79 Å². The predicted molar refractivity (Wildman–Crippen MR) is 83.5 cm³/mol. The molecular weight excluding hydrogens is 280 g/mol. The first-order chi connectivity index (χ1) is 10.7. The molecule has 1 aromatic heterocycles. The van der Waals surface area contributed by atoms with Crippen molar-refractivity contribution in [3.8, 4) is 0 Å². The lowest BCUT2D eigenvalue weighted by molar-refractivity contribution is -0.147. The molecular formula is C17H18N2O3. The fourth-order valence-corrected chi connectivity index (χ4v) is 2.91. The second-order valence-electron chi connectivity index (χ2n) is 5.47. The van der Waals surface area contributed by atoms with Crippen molar-refractivity contribution in [2.24, 2.45) is 0 Å². The molecule has 0 spiro atoms. The summed E-state index contributed by atoms with van der Waals surface area (Å²) in [4.78, 5) is 27.9. The van der Waals surface area contributed by atoms with Crippen molar-refractivity contribution in [2.75, 3.05) is 6.54 Å². The molecule has 2 aromatic rings. The summed E-state index contributed by atoms with van der Waals surface area (Å²) < 4.78 is 0. The number of aryl methyl sites for hydroxylation is 1. The molecule has 1 atom stereocenters. The quantitative estimate of drug-likeness (QED) is 0.832. The third-order valence-corrected chi connectivity index (χ3v) is 4.04. The average molecular weight is 298 g/mol. The van der Waals surface area contributed by atoms with Crippen molar-refractivity contribution in [3.63, 3.8) is 0 Å². The number of fused-ring (bicyclic) bond motifs is 1. The topological polar surface area (TPSA) is 73.4 Å². The van der Waals surface area contributed by atoms with E-state index >= 15 is 0 Å². The smallest absolute Gasteiger partial charge is 0.330 e. The minimum Gasteiger partial charge on any atom is -0.479 e. The maximum atomic E-state index is 12.2. The number of aromatic nitrogens is 1. The van der Waals surface area contributed by atoms with Crippen LogP contribution in [-0.4, -0.2) is 39.5 Å². The largest absolute Gasteiger partial charge is 0.479 e. The average Bonchev–Trinajstić information content (AvgIpc) is 3.14. The SMILES string of the molecule is O=C(O)C1C=CCN1C(=O)CCCc1c[nH]c2ccccc12. The van der Waals surface area contributed by atoms with E-state index in [0.29, 0.717) is 19.4 Å². The molecule has 1 aromatic carbocycles. The standard InChI is InChI=1S/C17H18N2O3/c20-16(19-10-4-8-15(19)17(21)22)9-3-5-12-11-18-14-7-2-1-6-13(12)14/h1-2,4,6-8,11,15,18H,3,5,9-10H2,(H,21,22). The van der Waals surface area contributed by atoms with Gasteiger partial charge in [0.05, 0.1) is 0 Å². The summed E-state index contributed by atoms with van der Waals surface area (Å²) in [6.45, 7) is 0.392. The number of aliphatic carboxylic acids is 1. The van der Waals surface area contributed by atoms with Crippen molar-refractivity contribution in [1.82, 2.24) is 9.88 Å². The number of carboxylic acid groups (broad SMARTS) is 1. The van der Waals surface area contributed by atoms with Crippen LogP contribution >= 0.6 is 0 Å². The lowest BCUT2D eigenvalue weighted by atomic mass is 10.1. The number of carbonyl (C=O) groups is 2. The van der Waals surface area contributed by atoms with Crippen molar-refractivity contribution in [3.05, 3.63) is 48.2 Å². The molecule has 3 rings (SSSR count). The molecule has 2 N–H and O–H groups in total. The number of carbonyl (C=O) groups excluding carboxylic acids is 1. The van der Waals surface area contributed by atoms with Gasteiger partial charge < -0.3 is 15.0 Å². The minimum atomic E-state index is -0.973. The van der Waals surface area contributed by atoms with Crippen molar-refractivity contribution in [1.29, 1.82) is 0 Å². The molecule has 22 heavy (non-hydrogen) atoms. The minimum absolute atomic E-state index is 0.0998. The summed E-state index contributed by atoms with van der Waals surface area (Å²) in [6.07, 6.45) is 7.16. The first-order valence-corrected chi connectivity index (χ1v) is 7.41. The van der Waals surface area contributed by atoms with Gasteiger partial charge >= 0.3 is 5.97 Å². The third-order valence-electron chi connectivity index (χ3n) is 4.04. The highest BCUT2D eigenvalue weighted by Gasteiger charge is 2.29. The monoisotopic (exact) mass is 298 g/mol. The molecule has 5 nitrogen and oxygen atoms in total. The highest BCUT2D eigenvalue weighted by atomic mass is 16.4. The summed E-state index contributed by atoms with van der Waals surface area (Å²) in [5.41, 5.74) is 2.29. The van der Waals surface area contributed by atoms with Gasteiger partial charge in [0.1, 0.15) is 6.04 Å². The van der Waals surface area contributed by atoms with Gasteiger partial charge in [0.2, 0.25) is 5.91 Å². The molecule has 0 bridgehead atoms. The van der Waals surface area contributed by atoms with Crippen LogP contribution in [0.2, 0.25) is 0 Å². The zero-order valence-corrected chi connectivity index (χ0v) is 12.2. The van der Waals surface area contributed by atoms with Gasteiger partial charge in [0.25, 0.3) is 0 Å². The van der Waals surface area contributed by atoms with Gasteiger partial charge in [-0.1, -0.05) is 30.4 Å². The molecule has 0 saturated heterocycles. The van der Waals surface area contributed by atoms with E-state index < -0.39 is 12.0 Å². The second-order valence-corrected chi connectivity index (χ2v) is 5.47. The number of rotatable bonds is 5. The molecule has 2 heterocycles. The highest BCUT2D eigenvalue weighted by Crippen LogP contribution is 2.20. The lowest BCUT2D eigenvalue weighted by Crippen LogP contribution is -2.40. The molecule has 1 amide bonds. The Kier molecular flexibility index (Phi) is 3.96. The Morgan fingerprint density at radius 3 is 2.95 bits per heavy atom. The number of hydrogen-bond acceptors (Lipinski definition) is 2. The van der Waals surface area contributed by atoms with Gasteiger partial charge in [-0.2, -0.15) is 0 Å². The van der Waals surface area contributed by atoms with E-state index in [1.165, 1.54) is 15.8 Å². The van der Waals surface area contributed by atoms with E-state index in [4.69, 9.17) is 5.11 Å². The predicted octanol–water partition coefficient (Wildman–Crippen LogP) is 2.34. The first kappa shape index (κ1) is 14.4. The number of para-hydroxylation sites is 1. The Labute approximate surface area is 128 Å². The second kappa shape index (κ2) is 6.05. The van der Waals surface area contributed by atoms with Crippen LogP contribution in [0, 0.1) is 0 Å². The van der Waals surface area contributed by atoms with E-state index in [1.54, 1.807) is 12.2 Å². The van der Waals surface area contributed by atoms with Crippen LogP contribution in [0.5, 0.6) is 0 Å². The van der Waals surface area contributed by atoms with E-state index in [-0.39, 0.29) is 5.91 Å². The number of carboxylic acids is 1. The summed E-state index contributed by atoms with van der Waals surface area (Å²) >= 11 is 0. The van der Waals surface area contributed by atoms with Crippen LogP contribution in [0.3, 0.4) is 0 Å². The fraction of sp³-hybridized carbons (Fsp3) is 0.294. The van der Waals surface area contributed by atoms with Crippen LogP contribution in [0.4, 0.5) is 0 Å². The van der Waals surface area contributed by atoms with Gasteiger partial charge in [-0.05, 0) is 24.5 Å². The Hall–Kier alpha value is -2.56. The molecule has 1 aliphatic heterocycles. The molecule has 1 unspecified atom stereocenters. The molecule has 0 radical (unpaired) electrons. The summed E-state index contributed by atoms with van der Waals surface area (Å²) in [6, 6.07) is 7.27. The Morgan fingerprint density at radius 1 is 1.32 bits per heavy atom. The van der Waals surface area contributed by atoms with Crippen LogP contribution in [0.25, 0.3) is 10.9 Å². The van der Waals surface area contributed by atoms with Gasteiger partial charge in [0.15, 0.2) is 0 Å². The molecule has 0 fully saturated rings. The summed E-state index contributed by atoms with van der Waals surface area (Å²) in [7, 11) is 0. The van der Waals surface area contributed by atoms with Gasteiger partial charge in [0, 0.05) is 30.1 Å². The number of nitrogens with one attached hydrogen (secondary N) is 1. The number of H-pyrrole nitrogens is 1. The number of benzene rings is 1.